The number of rotatable bonds is 5. The molecule has 1 heterocycles. The Bertz CT molecular complexity index is 948. The van der Waals surface area contributed by atoms with Gasteiger partial charge < -0.3 is 19.6 Å². The smallest absolute Gasteiger partial charge is 0.276 e. The van der Waals surface area contributed by atoms with Gasteiger partial charge in [0.1, 0.15) is 17.3 Å². The Balaban J connectivity index is 1.68. The lowest BCUT2D eigenvalue weighted by Crippen LogP contribution is -2.31. The number of aromatic hydroxyl groups is 2. The van der Waals surface area contributed by atoms with Gasteiger partial charge in [-0.15, -0.1) is 0 Å². The first-order chi connectivity index (χ1) is 13.6. The molecule has 0 atom stereocenters. The molecular formula is C22H22N2O4. The molecule has 2 aromatic carbocycles. The van der Waals surface area contributed by atoms with E-state index in [1.54, 1.807) is 41.3 Å². The van der Waals surface area contributed by atoms with E-state index in [4.69, 9.17) is 4.52 Å². The van der Waals surface area contributed by atoms with Crippen molar-refractivity contribution in [2.45, 2.75) is 38.8 Å². The highest BCUT2D eigenvalue weighted by molar-refractivity contribution is 5.94. The van der Waals surface area contributed by atoms with E-state index in [0.717, 1.165) is 37.0 Å². The molecule has 144 valence electrons. The van der Waals surface area contributed by atoms with Gasteiger partial charge >= 0.3 is 0 Å². The molecule has 1 aromatic heterocycles. The largest absolute Gasteiger partial charge is 0.508 e. The number of aryl methyl sites for hydroxylation is 1. The Morgan fingerprint density at radius 1 is 0.929 bits per heavy atom. The summed E-state index contributed by atoms with van der Waals surface area (Å²) in [6.45, 7) is 0.392. The van der Waals surface area contributed by atoms with Crippen LogP contribution in [-0.4, -0.2) is 26.2 Å². The van der Waals surface area contributed by atoms with Crippen LogP contribution >= 0.6 is 0 Å². The molecule has 2 N–H and O–H groups in total. The number of benzene rings is 2. The van der Waals surface area contributed by atoms with Gasteiger partial charge in [-0.05, 0) is 31.4 Å². The maximum atomic E-state index is 13.3. The summed E-state index contributed by atoms with van der Waals surface area (Å²) >= 11 is 0. The van der Waals surface area contributed by atoms with Gasteiger partial charge in [0.25, 0.3) is 5.91 Å². The van der Waals surface area contributed by atoms with Crippen molar-refractivity contribution in [1.29, 1.82) is 0 Å². The van der Waals surface area contributed by atoms with Crippen LogP contribution in [0, 0.1) is 0 Å². The number of para-hydroxylation sites is 2. The highest BCUT2D eigenvalue weighted by atomic mass is 16.5. The number of nitrogens with zero attached hydrogens (tertiary/aromatic N) is 2. The number of hydrogen-bond acceptors (Lipinski definition) is 5. The van der Waals surface area contributed by atoms with Crippen molar-refractivity contribution >= 4 is 5.91 Å². The molecule has 1 aliphatic rings. The van der Waals surface area contributed by atoms with Gasteiger partial charge in [-0.3, -0.25) is 4.79 Å². The van der Waals surface area contributed by atoms with E-state index in [-0.39, 0.29) is 30.5 Å². The van der Waals surface area contributed by atoms with E-state index in [2.05, 4.69) is 5.16 Å². The number of phenolic OH excluding ortho intramolecular Hbond substituents is 2. The van der Waals surface area contributed by atoms with Gasteiger partial charge in [-0.1, -0.05) is 41.6 Å². The van der Waals surface area contributed by atoms with Crippen LogP contribution in [0.15, 0.2) is 53.1 Å². The summed E-state index contributed by atoms with van der Waals surface area (Å²) in [6, 6.07) is 13.8. The van der Waals surface area contributed by atoms with E-state index in [0.29, 0.717) is 16.8 Å². The lowest BCUT2D eigenvalue weighted by molar-refractivity contribution is 0.0716. The lowest BCUT2D eigenvalue weighted by atomic mass is 9.96. The van der Waals surface area contributed by atoms with Crippen LogP contribution < -0.4 is 0 Å². The van der Waals surface area contributed by atoms with E-state index in [1.807, 2.05) is 12.1 Å². The summed E-state index contributed by atoms with van der Waals surface area (Å²) in [4.78, 5) is 14.9. The maximum Gasteiger partial charge on any atom is 0.276 e. The summed E-state index contributed by atoms with van der Waals surface area (Å²) < 4.78 is 5.41. The summed E-state index contributed by atoms with van der Waals surface area (Å²) in [6.07, 6.45) is 3.62. The number of carbonyl (C=O) groups excluding carboxylic acids is 1. The van der Waals surface area contributed by atoms with Gasteiger partial charge in [0.2, 0.25) is 0 Å². The third kappa shape index (κ3) is 3.58. The van der Waals surface area contributed by atoms with Crippen LogP contribution in [0.25, 0.3) is 0 Å². The predicted octanol–water partition coefficient (Wildman–Crippen LogP) is 3.81. The molecule has 0 saturated heterocycles. The van der Waals surface area contributed by atoms with Crippen LogP contribution in [0.1, 0.15) is 45.8 Å². The van der Waals surface area contributed by atoms with Crippen LogP contribution in [-0.2, 0) is 25.9 Å². The SMILES string of the molecule is O=C(c1noc2c1CCCC2)N(Cc1ccccc1O)Cc1ccccc1O. The molecule has 0 bridgehead atoms. The van der Waals surface area contributed by atoms with Gasteiger partial charge in [0.05, 0.1) is 13.1 Å². The fourth-order valence-electron chi connectivity index (χ4n) is 3.60. The Labute approximate surface area is 163 Å². The van der Waals surface area contributed by atoms with Gasteiger partial charge in [0, 0.05) is 23.1 Å². The first kappa shape index (κ1) is 18.1. The summed E-state index contributed by atoms with van der Waals surface area (Å²) in [7, 11) is 0. The Morgan fingerprint density at radius 2 is 1.50 bits per heavy atom. The molecule has 0 radical (unpaired) electrons. The highest BCUT2D eigenvalue weighted by Gasteiger charge is 2.28. The molecule has 1 aliphatic carbocycles. The number of phenols is 2. The number of hydrogen-bond donors (Lipinski definition) is 2. The zero-order valence-corrected chi connectivity index (χ0v) is 15.5. The van der Waals surface area contributed by atoms with Crippen molar-refractivity contribution in [3.05, 3.63) is 76.7 Å². The monoisotopic (exact) mass is 378 g/mol. The highest BCUT2D eigenvalue weighted by Crippen LogP contribution is 2.28. The Hall–Kier alpha value is -3.28. The number of amides is 1. The van der Waals surface area contributed by atoms with Crippen molar-refractivity contribution in [1.82, 2.24) is 10.1 Å². The fraction of sp³-hybridized carbons (Fsp3) is 0.273. The minimum Gasteiger partial charge on any atom is -0.508 e. The minimum absolute atomic E-state index is 0.125. The standard InChI is InChI=1S/C22H22N2O4/c25-18-10-4-1-7-15(18)13-24(14-16-8-2-5-11-19(16)26)22(27)21-17-9-3-6-12-20(17)28-23-21/h1-2,4-5,7-8,10-11,25-26H,3,6,9,12-14H2. The topological polar surface area (TPSA) is 86.8 Å². The fourth-order valence-corrected chi connectivity index (χ4v) is 3.60. The molecule has 0 unspecified atom stereocenters. The second-order valence-corrected chi connectivity index (χ2v) is 7.06. The molecule has 0 saturated carbocycles. The predicted molar refractivity (Wildman–Crippen MR) is 103 cm³/mol. The number of carbonyl (C=O) groups is 1. The third-order valence-corrected chi connectivity index (χ3v) is 5.15. The molecule has 28 heavy (non-hydrogen) atoms. The summed E-state index contributed by atoms with van der Waals surface area (Å²) in [5.74, 6) is 0.776. The molecular weight excluding hydrogens is 356 g/mol. The van der Waals surface area contributed by atoms with Crippen molar-refractivity contribution in [3.8, 4) is 11.5 Å². The minimum atomic E-state index is -0.265. The van der Waals surface area contributed by atoms with E-state index < -0.39 is 0 Å². The summed E-state index contributed by atoms with van der Waals surface area (Å²) in [5, 5.41) is 24.4. The van der Waals surface area contributed by atoms with Crippen LogP contribution in [0.3, 0.4) is 0 Å². The van der Waals surface area contributed by atoms with Crippen molar-refractivity contribution in [2.75, 3.05) is 0 Å². The average molecular weight is 378 g/mol. The van der Waals surface area contributed by atoms with Crippen molar-refractivity contribution < 1.29 is 19.5 Å². The first-order valence-corrected chi connectivity index (χ1v) is 9.44. The van der Waals surface area contributed by atoms with Crippen LogP contribution in [0.5, 0.6) is 11.5 Å². The third-order valence-electron chi connectivity index (χ3n) is 5.15. The normalized spacial score (nSPS) is 13.1. The average Bonchev–Trinajstić information content (AvgIpc) is 3.14. The molecule has 6 heteroatoms. The molecule has 0 spiro atoms. The van der Waals surface area contributed by atoms with Gasteiger partial charge in [0.15, 0.2) is 5.69 Å². The number of aromatic nitrogens is 1. The zero-order chi connectivity index (χ0) is 19.5. The maximum absolute atomic E-state index is 13.3. The van der Waals surface area contributed by atoms with Gasteiger partial charge in [-0.2, -0.15) is 0 Å². The van der Waals surface area contributed by atoms with Crippen LogP contribution in [0.4, 0.5) is 0 Å². The molecule has 3 aromatic rings. The first-order valence-electron chi connectivity index (χ1n) is 9.44. The van der Waals surface area contributed by atoms with Crippen molar-refractivity contribution in [3.63, 3.8) is 0 Å². The Morgan fingerprint density at radius 3 is 2.11 bits per heavy atom. The van der Waals surface area contributed by atoms with E-state index in [9.17, 15) is 15.0 Å². The number of fused-ring (bicyclic) bond motifs is 1. The molecule has 0 aliphatic heterocycles. The molecule has 4 rings (SSSR count). The molecule has 1 amide bonds. The molecule has 0 fully saturated rings. The molecule has 6 nitrogen and oxygen atoms in total. The quantitative estimate of drug-likeness (QED) is 0.705. The Kier molecular flexibility index (Phi) is 5.02. The van der Waals surface area contributed by atoms with Crippen LogP contribution in [0.2, 0.25) is 0 Å². The second-order valence-electron chi connectivity index (χ2n) is 7.06. The van der Waals surface area contributed by atoms with Gasteiger partial charge in [-0.25, -0.2) is 0 Å². The van der Waals surface area contributed by atoms with E-state index >= 15 is 0 Å². The zero-order valence-electron chi connectivity index (χ0n) is 15.5. The van der Waals surface area contributed by atoms with E-state index in [1.165, 1.54) is 0 Å². The second kappa shape index (κ2) is 7.76. The lowest BCUT2D eigenvalue weighted by Gasteiger charge is -2.23. The van der Waals surface area contributed by atoms with Crippen molar-refractivity contribution in [2.24, 2.45) is 0 Å². The summed E-state index contributed by atoms with van der Waals surface area (Å²) in [5.41, 5.74) is 2.48.